The molecular weight excluding hydrogens is 518 g/mol. The van der Waals surface area contributed by atoms with Gasteiger partial charge in [-0.2, -0.15) is 4.72 Å². The fourth-order valence-electron chi connectivity index (χ4n) is 4.75. The van der Waals surface area contributed by atoms with Crippen LogP contribution in [0.5, 0.6) is 0 Å². The number of likely N-dealkylation sites (N-methyl/N-ethyl adjacent to an activating group) is 1. The standard InChI is InChI=1S/C26H28ClN3O4S2/c1-29-11-13-30(14-12-29)17-18-3-2-4-20(15-18)22-16-26(22,25(31)32)28-36(33,34)24-10-9-23(35-24)19-5-7-21(27)8-6-19/h2-10,15,22,28H,11-14,16-17H2,1H3,(H,31,32)/t22-,26+/m0/s1. The largest absolute Gasteiger partial charge is 0.480 e. The van der Waals surface area contributed by atoms with Crippen molar-refractivity contribution in [2.45, 2.75) is 28.6 Å². The summed E-state index contributed by atoms with van der Waals surface area (Å²) < 4.78 is 29.1. The first kappa shape index (κ1) is 25.4. The van der Waals surface area contributed by atoms with E-state index in [2.05, 4.69) is 21.6 Å². The fourth-order valence-corrected chi connectivity index (χ4v) is 7.60. The molecule has 2 aromatic carbocycles. The molecule has 1 saturated carbocycles. The summed E-state index contributed by atoms with van der Waals surface area (Å²) in [7, 11) is -1.91. The van der Waals surface area contributed by atoms with Crippen molar-refractivity contribution in [3.63, 3.8) is 0 Å². The lowest BCUT2D eigenvalue weighted by molar-refractivity contribution is -0.140. The van der Waals surface area contributed by atoms with E-state index in [-0.39, 0.29) is 10.6 Å². The van der Waals surface area contributed by atoms with E-state index in [0.29, 0.717) is 5.02 Å². The van der Waals surface area contributed by atoms with Crippen LogP contribution in [0.4, 0.5) is 0 Å². The van der Waals surface area contributed by atoms with Crippen molar-refractivity contribution in [3.8, 4) is 10.4 Å². The van der Waals surface area contributed by atoms with Crippen LogP contribution < -0.4 is 4.72 Å². The normalized spacial score (nSPS) is 23.0. The summed E-state index contributed by atoms with van der Waals surface area (Å²) in [4.78, 5) is 17.8. The van der Waals surface area contributed by atoms with Gasteiger partial charge in [-0.1, -0.05) is 48.0 Å². The van der Waals surface area contributed by atoms with Gasteiger partial charge in [-0.15, -0.1) is 11.3 Å². The van der Waals surface area contributed by atoms with Crippen molar-refractivity contribution < 1.29 is 18.3 Å². The molecular formula is C26H28ClN3O4S2. The van der Waals surface area contributed by atoms with Crippen LogP contribution in [-0.4, -0.2) is 68.1 Å². The van der Waals surface area contributed by atoms with Gasteiger partial charge >= 0.3 is 5.97 Å². The minimum Gasteiger partial charge on any atom is -0.480 e. The van der Waals surface area contributed by atoms with Crippen LogP contribution in [0.1, 0.15) is 23.5 Å². The van der Waals surface area contributed by atoms with E-state index in [9.17, 15) is 18.3 Å². The predicted molar refractivity (Wildman–Crippen MR) is 142 cm³/mol. The molecule has 1 aromatic heterocycles. The van der Waals surface area contributed by atoms with Crippen LogP contribution in [0.15, 0.2) is 64.9 Å². The second-order valence-electron chi connectivity index (χ2n) is 9.59. The maximum Gasteiger partial charge on any atom is 0.325 e. The number of carboxylic acids is 1. The van der Waals surface area contributed by atoms with Gasteiger partial charge in [0.15, 0.2) is 0 Å². The lowest BCUT2D eigenvalue weighted by Crippen LogP contribution is -2.44. The molecule has 190 valence electrons. The Labute approximate surface area is 220 Å². The highest BCUT2D eigenvalue weighted by molar-refractivity contribution is 7.91. The van der Waals surface area contributed by atoms with Crippen molar-refractivity contribution in [3.05, 3.63) is 76.8 Å². The molecule has 0 radical (unpaired) electrons. The molecule has 1 saturated heterocycles. The van der Waals surface area contributed by atoms with Gasteiger partial charge in [0.05, 0.1) is 0 Å². The zero-order valence-electron chi connectivity index (χ0n) is 19.9. The SMILES string of the molecule is CN1CCN(Cc2cccc([C@@H]3C[C@]3(NS(=O)(=O)c3ccc(-c4ccc(Cl)cc4)s3)C(=O)O)c2)CC1. The molecule has 5 rings (SSSR count). The number of hydrogen-bond acceptors (Lipinski definition) is 6. The smallest absolute Gasteiger partial charge is 0.325 e. The number of aliphatic carboxylic acids is 1. The van der Waals surface area contributed by atoms with Crippen LogP contribution in [-0.2, 0) is 21.4 Å². The van der Waals surface area contributed by atoms with Crippen LogP contribution in [0, 0.1) is 0 Å². The summed E-state index contributed by atoms with van der Waals surface area (Å²) in [6.45, 7) is 4.82. The lowest BCUT2D eigenvalue weighted by Gasteiger charge is -2.32. The molecule has 2 N–H and O–H groups in total. The molecule has 2 atom stereocenters. The molecule has 2 aliphatic rings. The lowest BCUT2D eigenvalue weighted by atomic mass is 10.0. The molecule has 10 heteroatoms. The number of benzene rings is 2. The first-order chi connectivity index (χ1) is 17.2. The van der Waals surface area contributed by atoms with E-state index >= 15 is 0 Å². The van der Waals surface area contributed by atoms with E-state index in [1.165, 1.54) is 6.07 Å². The molecule has 0 bridgehead atoms. The van der Waals surface area contributed by atoms with Crippen molar-refractivity contribution in [1.82, 2.24) is 14.5 Å². The highest BCUT2D eigenvalue weighted by Gasteiger charge is 2.63. The Morgan fingerprint density at radius 2 is 1.83 bits per heavy atom. The van der Waals surface area contributed by atoms with Gasteiger partial charge in [-0.25, -0.2) is 8.42 Å². The number of nitrogens with zero attached hydrogens (tertiary/aromatic N) is 2. The average Bonchev–Trinajstić information content (AvgIpc) is 3.34. The number of piperazine rings is 1. The van der Waals surface area contributed by atoms with Crippen molar-refractivity contribution in [1.29, 1.82) is 0 Å². The predicted octanol–water partition coefficient (Wildman–Crippen LogP) is 4.11. The number of nitrogens with one attached hydrogen (secondary N) is 1. The van der Waals surface area contributed by atoms with Gasteiger partial charge in [-0.3, -0.25) is 9.69 Å². The molecule has 0 unspecified atom stereocenters. The Balaban J connectivity index is 1.32. The second kappa shape index (κ2) is 9.89. The zero-order valence-corrected chi connectivity index (χ0v) is 22.2. The first-order valence-corrected chi connectivity index (χ1v) is 14.5. The van der Waals surface area contributed by atoms with E-state index in [4.69, 9.17) is 11.6 Å². The molecule has 7 nitrogen and oxygen atoms in total. The molecule has 36 heavy (non-hydrogen) atoms. The third-order valence-corrected chi connectivity index (χ3v) is 10.4. The number of rotatable bonds is 8. The Hall–Kier alpha value is -2.27. The zero-order chi connectivity index (χ0) is 25.5. The Morgan fingerprint density at radius 3 is 2.53 bits per heavy atom. The summed E-state index contributed by atoms with van der Waals surface area (Å²) in [5.74, 6) is -1.58. The summed E-state index contributed by atoms with van der Waals surface area (Å²) >= 11 is 7.05. The van der Waals surface area contributed by atoms with Crippen LogP contribution in [0.3, 0.4) is 0 Å². The number of carbonyl (C=O) groups is 1. The minimum atomic E-state index is -4.03. The topological polar surface area (TPSA) is 90.0 Å². The van der Waals surface area contributed by atoms with E-state index in [0.717, 1.165) is 65.6 Å². The van der Waals surface area contributed by atoms with Gasteiger partial charge in [0, 0.05) is 48.5 Å². The number of carboxylic acid groups (broad SMARTS) is 1. The minimum absolute atomic E-state index is 0.0857. The van der Waals surface area contributed by atoms with Crippen molar-refractivity contribution >= 4 is 38.9 Å². The van der Waals surface area contributed by atoms with Crippen LogP contribution in [0.25, 0.3) is 10.4 Å². The van der Waals surface area contributed by atoms with Gasteiger partial charge in [0.1, 0.15) is 9.75 Å². The summed E-state index contributed by atoms with van der Waals surface area (Å²) in [5.41, 5.74) is 1.26. The van der Waals surface area contributed by atoms with Gasteiger partial charge in [0.2, 0.25) is 0 Å². The van der Waals surface area contributed by atoms with Gasteiger partial charge < -0.3 is 10.0 Å². The molecule has 2 fully saturated rings. The van der Waals surface area contributed by atoms with E-state index in [1.54, 1.807) is 18.2 Å². The third-order valence-electron chi connectivity index (χ3n) is 6.99. The Kier molecular flexibility index (Phi) is 6.97. The van der Waals surface area contributed by atoms with Crippen molar-refractivity contribution in [2.75, 3.05) is 33.2 Å². The molecule has 1 aliphatic carbocycles. The second-order valence-corrected chi connectivity index (χ2v) is 13.0. The summed E-state index contributed by atoms with van der Waals surface area (Å²) in [5, 5.41) is 10.7. The number of hydrogen-bond donors (Lipinski definition) is 2. The van der Waals surface area contributed by atoms with Crippen molar-refractivity contribution in [2.24, 2.45) is 0 Å². The van der Waals surface area contributed by atoms with Gasteiger partial charge in [-0.05, 0) is 54.4 Å². The molecule has 0 spiro atoms. The molecule has 1 aliphatic heterocycles. The van der Waals surface area contributed by atoms with Crippen LogP contribution in [0.2, 0.25) is 5.02 Å². The monoisotopic (exact) mass is 545 g/mol. The summed E-state index contributed by atoms with van der Waals surface area (Å²) in [6, 6.07) is 18.3. The highest BCUT2D eigenvalue weighted by Crippen LogP contribution is 2.53. The molecule has 0 amide bonds. The third kappa shape index (κ3) is 5.22. The number of thiophene rings is 1. The first-order valence-electron chi connectivity index (χ1n) is 11.8. The van der Waals surface area contributed by atoms with E-state index in [1.807, 2.05) is 36.4 Å². The Bertz CT molecular complexity index is 1370. The summed E-state index contributed by atoms with van der Waals surface area (Å²) in [6.07, 6.45) is 0.217. The average molecular weight is 546 g/mol. The molecule has 2 heterocycles. The molecule has 3 aromatic rings. The maximum atomic E-state index is 13.2. The maximum absolute atomic E-state index is 13.2. The fraction of sp³-hybridized carbons (Fsp3) is 0.346. The number of sulfonamides is 1. The highest BCUT2D eigenvalue weighted by atomic mass is 35.5. The van der Waals surface area contributed by atoms with E-state index < -0.39 is 27.4 Å². The quantitative estimate of drug-likeness (QED) is 0.443. The van der Waals surface area contributed by atoms with Crippen LogP contribution >= 0.6 is 22.9 Å². The number of halogens is 1. The van der Waals surface area contributed by atoms with Gasteiger partial charge in [0.25, 0.3) is 10.0 Å². The Morgan fingerprint density at radius 1 is 1.11 bits per heavy atom.